The molecule has 2 aliphatic rings. The molecule has 4 nitrogen and oxygen atoms in total. The number of aryl methyl sites for hydroxylation is 8. The van der Waals surface area contributed by atoms with E-state index in [1.54, 1.807) is 0 Å². The third-order valence-corrected chi connectivity index (χ3v) is 12.3. The van der Waals surface area contributed by atoms with Crippen LogP contribution in [0.1, 0.15) is 158 Å². The van der Waals surface area contributed by atoms with E-state index in [2.05, 4.69) is 149 Å². The Morgan fingerprint density at radius 2 is 0.754 bits per heavy atom. The minimum atomic E-state index is 0. The molecular formula is C52H66N4Zn. The molecule has 2 aliphatic heterocycles. The summed E-state index contributed by atoms with van der Waals surface area (Å²) in [5.41, 5.74) is 32.4. The summed E-state index contributed by atoms with van der Waals surface area (Å²) in [4.78, 5) is 20.3. The Morgan fingerprint density at radius 3 is 0.982 bits per heavy atom. The fraction of sp³-hybridized carbons (Fsp3) is 0.423. The molecule has 0 spiro atoms. The Hall–Kier alpha value is -4.08. The van der Waals surface area contributed by atoms with Gasteiger partial charge < -0.3 is 9.97 Å². The molecule has 0 aliphatic carbocycles. The predicted octanol–water partition coefficient (Wildman–Crippen LogP) is 13.4. The fourth-order valence-corrected chi connectivity index (χ4v) is 9.84. The first-order valence-corrected chi connectivity index (χ1v) is 20.8. The number of aromatic nitrogens is 2. The minimum Gasteiger partial charge on any atom is -0.660 e. The first-order valence-electron chi connectivity index (χ1n) is 20.8. The monoisotopic (exact) mass is 810 g/mol. The van der Waals surface area contributed by atoms with Gasteiger partial charge in [-0.3, -0.25) is 9.98 Å². The van der Waals surface area contributed by atoms with Crippen molar-refractivity contribution in [2.24, 2.45) is 9.98 Å². The largest absolute Gasteiger partial charge is 2.00 e. The summed E-state index contributed by atoms with van der Waals surface area (Å²) in [5.74, 6) is 0. The average Bonchev–Trinajstić information content (AvgIpc) is 3.78. The maximum absolute atomic E-state index is 5.07. The molecule has 0 bridgehead atoms. The van der Waals surface area contributed by atoms with Crippen molar-refractivity contribution >= 4 is 22.6 Å². The molecule has 296 valence electrons. The van der Waals surface area contributed by atoms with Gasteiger partial charge in [0.1, 0.15) is 0 Å². The summed E-state index contributed by atoms with van der Waals surface area (Å²) in [6.07, 6.45) is 4.04. The first kappa shape index (κ1) is 45.6. The molecular weight excluding hydrogens is 746 g/mol. The van der Waals surface area contributed by atoms with Crippen molar-refractivity contribution in [2.75, 3.05) is 0 Å². The number of allylic oxidation sites excluding steroid dienone is 4. The van der Waals surface area contributed by atoms with Gasteiger partial charge in [-0.25, -0.2) is 0 Å². The van der Waals surface area contributed by atoms with Gasteiger partial charge in [-0.1, -0.05) is 99.2 Å². The topological polar surface area (TPSA) is 52.9 Å². The van der Waals surface area contributed by atoms with Crippen LogP contribution in [0, 0.1) is 69.2 Å². The van der Waals surface area contributed by atoms with Crippen LogP contribution in [-0.4, -0.2) is 11.4 Å². The Bertz CT molecular complexity index is 2210. The van der Waals surface area contributed by atoms with E-state index in [0.717, 1.165) is 71.3 Å². The van der Waals surface area contributed by atoms with Crippen molar-refractivity contribution in [1.29, 1.82) is 0 Å². The van der Waals surface area contributed by atoms with E-state index in [9.17, 15) is 0 Å². The standard InChI is InChI=1S/2C26H33N2.Zn/c2*1-10-21-17(6)25(27-19(21)8)24(23-15(4)12-14(3)13-16(23)5)26-18(7)22(11-2)20(9)28-26;/h2*12-13H,10-11H2,1-9H3;/q2*-1;+2/b2*25-24-;. The molecule has 0 saturated carbocycles. The smallest absolute Gasteiger partial charge is 0.660 e. The van der Waals surface area contributed by atoms with Crippen LogP contribution < -0.4 is 9.97 Å². The molecule has 6 rings (SSSR count). The fourth-order valence-electron chi connectivity index (χ4n) is 9.84. The van der Waals surface area contributed by atoms with Gasteiger partial charge in [-0.2, -0.15) is 11.4 Å². The Morgan fingerprint density at radius 1 is 0.456 bits per heavy atom. The van der Waals surface area contributed by atoms with Crippen LogP contribution in [0.25, 0.3) is 11.1 Å². The maximum atomic E-state index is 5.07. The van der Waals surface area contributed by atoms with E-state index in [4.69, 9.17) is 20.0 Å². The number of nitrogens with zero attached hydrogens (tertiary/aromatic N) is 4. The quantitative estimate of drug-likeness (QED) is 0.166. The van der Waals surface area contributed by atoms with Gasteiger partial charge in [0.05, 0.1) is 11.4 Å². The Labute approximate surface area is 358 Å². The number of rotatable bonds is 8. The number of aliphatic imine (C=N–C) groups is 2. The molecule has 4 heterocycles. The van der Waals surface area contributed by atoms with Gasteiger partial charge in [0.15, 0.2) is 0 Å². The van der Waals surface area contributed by atoms with Crippen LogP contribution in [0.5, 0.6) is 0 Å². The summed E-state index contributed by atoms with van der Waals surface area (Å²) < 4.78 is 0. The minimum absolute atomic E-state index is 0. The van der Waals surface area contributed by atoms with Gasteiger partial charge >= 0.3 is 19.5 Å². The molecule has 0 unspecified atom stereocenters. The Kier molecular flexibility index (Phi) is 14.6. The molecule has 4 aromatic rings. The summed E-state index contributed by atoms with van der Waals surface area (Å²) in [6.45, 7) is 39.5. The molecule has 0 N–H and O–H groups in total. The van der Waals surface area contributed by atoms with Crippen LogP contribution in [0.15, 0.2) is 67.9 Å². The molecule has 2 aromatic carbocycles. The van der Waals surface area contributed by atoms with E-state index in [-0.39, 0.29) is 19.5 Å². The normalized spacial score (nSPS) is 15.8. The van der Waals surface area contributed by atoms with Gasteiger partial charge in [-0.05, 0) is 176 Å². The van der Waals surface area contributed by atoms with Crippen molar-refractivity contribution in [1.82, 2.24) is 9.97 Å². The van der Waals surface area contributed by atoms with Gasteiger partial charge in [0.25, 0.3) is 0 Å². The maximum Gasteiger partial charge on any atom is 2.00 e. The Balaban J connectivity index is 0.000000248. The van der Waals surface area contributed by atoms with Gasteiger partial charge in [0.2, 0.25) is 0 Å². The van der Waals surface area contributed by atoms with E-state index in [1.165, 1.54) is 100 Å². The SMILES string of the molecule is CCC1=C(C)/C(=C(/c2[n-]c(C)c(CC)c2C)c2c(C)cc(C)cc2C)N=C1C.CCC1=C(C)/C(=C(/c2[n-]c(C)c(CC)c2C)c2c(C)cc(C)cc2C)N=C1C.[Zn+2]. The van der Waals surface area contributed by atoms with E-state index >= 15 is 0 Å². The van der Waals surface area contributed by atoms with Crippen LogP contribution in [0.2, 0.25) is 0 Å². The summed E-state index contributed by atoms with van der Waals surface area (Å²) in [5, 5.41) is 0. The molecule has 0 atom stereocenters. The van der Waals surface area contributed by atoms with Crippen molar-refractivity contribution in [3.63, 3.8) is 0 Å². The van der Waals surface area contributed by atoms with Crippen LogP contribution in [0.4, 0.5) is 0 Å². The second-order valence-corrected chi connectivity index (χ2v) is 16.3. The van der Waals surface area contributed by atoms with Crippen LogP contribution >= 0.6 is 0 Å². The van der Waals surface area contributed by atoms with Crippen molar-refractivity contribution in [3.05, 3.63) is 147 Å². The van der Waals surface area contributed by atoms with E-state index in [1.807, 2.05) is 0 Å². The number of hydrogen-bond acceptors (Lipinski definition) is 2. The molecule has 0 radical (unpaired) electrons. The third-order valence-electron chi connectivity index (χ3n) is 12.3. The molecule has 0 fully saturated rings. The van der Waals surface area contributed by atoms with Crippen molar-refractivity contribution < 1.29 is 19.5 Å². The zero-order valence-corrected chi connectivity index (χ0v) is 41.6. The zero-order valence-electron chi connectivity index (χ0n) is 38.6. The van der Waals surface area contributed by atoms with E-state index in [0.29, 0.717) is 0 Å². The summed E-state index contributed by atoms with van der Waals surface area (Å²) in [7, 11) is 0. The summed E-state index contributed by atoms with van der Waals surface area (Å²) >= 11 is 0. The average molecular weight is 813 g/mol. The molecule has 2 aromatic heterocycles. The summed E-state index contributed by atoms with van der Waals surface area (Å²) in [6, 6.07) is 9.11. The van der Waals surface area contributed by atoms with Gasteiger partial charge in [-0.15, -0.1) is 11.4 Å². The predicted molar refractivity (Wildman–Crippen MR) is 243 cm³/mol. The molecule has 0 saturated heterocycles. The van der Waals surface area contributed by atoms with E-state index < -0.39 is 0 Å². The second-order valence-electron chi connectivity index (χ2n) is 16.3. The van der Waals surface area contributed by atoms with Crippen LogP contribution in [-0.2, 0) is 32.3 Å². The number of benzene rings is 2. The first-order chi connectivity index (χ1) is 26.4. The molecule has 57 heavy (non-hydrogen) atoms. The second kappa shape index (κ2) is 18.2. The van der Waals surface area contributed by atoms with Gasteiger partial charge in [0, 0.05) is 11.4 Å². The molecule has 0 amide bonds. The molecule has 5 heteroatoms. The zero-order chi connectivity index (χ0) is 41.5. The van der Waals surface area contributed by atoms with Crippen molar-refractivity contribution in [3.8, 4) is 0 Å². The number of hydrogen-bond donors (Lipinski definition) is 0. The third kappa shape index (κ3) is 8.43. The van der Waals surface area contributed by atoms with Crippen molar-refractivity contribution in [2.45, 2.75) is 150 Å². The van der Waals surface area contributed by atoms with Crippen LogP contribution in [0.3, 0.4) is 0 Å².